The van der Waals surface area contributed by atoms with Crippen LogP contribution in [0.4, 0.5) is 0 Å². The van der Waals surface area contributed by atoms with Crippen molar-refractivity contribution in [2.75, 3.05) is 31.6 Å². The van der Waals surface area contributed by atoms with E-state index in [2.05, 4.69) is 16.7 Å². The molecule has 0 unspecified atom stereocenters. The molecule has 176 valence electrons. The molecule has 0 heterocycles. The topological polar surface area (TPSA) is 173 Å². The standard InChI is InChI=1S/C9H12O9S3.C5H12O3S/c1-19(10,11)16-7-5-4-6-8(17-20(2,12)13)9(7)18-21(3,14)15;1-3-4-5-8-9(2,6)7/h4-6H,1-3H3;3-5H2,1-2H3. The zero-order chi connectivity index (χ0) is 23.8. The zero-order valence-electron chi connectivity index (χ0n) is 16.9. The van der Waals surface area contributed by atoms with Gasteiger partial charge in [0.2, 0.25) is 5.75 Å². The van der Waals surface area contributed by atoms with Gasteiger partial charge in [0.05, 0.1) is 31.6 Å². The van der Waals surface area contributed by atoms with E-state index in [0.717, 1.165) is 43.7 Å². The number of hydrogen-bond acceptors (Lipinski definition) is 12. The van der Waals surface area contributed by atoms with Crippen LogP contribution in [0.1, 0.15) is 19.8 Å². The van der Waals surface area contributed by atoms with Crippen LogP contribution in [-0.4, -0.2) is 65.3 Å². The monoisotopic (exact) mass is 512 g/mol. The predicted octanol–water partition coefficient (Wildman–Crippen LogP) is 0.465. The first kappa shape index (κ1) is 28.4. The maximum atomic E-state index is 11.2. The SMILES string of the molecule is CCCCOS(C)(=O)=O.CS(=O)(=O)Oc1cccc(OS(C)(=O)=O)c1OS(C)(=O)=O. The summed E-state index contributed by atoms with van der Waals surface area (Å²) in [5.41, 5.74) is 0. The maximum absolute atomic E-state index is 11.2. The quantitative estimate of drug-likeness (QED) is 0.313. The second kappa shape index (κ2) is 11.1. The molecule has 0 fully saturated rings. The third-order valence-corrected chi connectivity index (χ3v) is 4.48. The minimum atomic E-state index is -4.08. The summed E-state index contributed by atoms with van der Waals surface area (Å²) < 4.78 is 106. The van der Waals surface area contributed by atoms with Gasteiger partial charge in [-0.05, 0) is 18.6 Å². The van der Waals surface area contributed by atoms with Crippen LogP contribution in [0.15, 0.2) is 18.2 Å². The van der Waals surface area contributed by atoms with Gasteiger partial charge in [-0.1, -0.05) is 19.4 Å². The zero-order valence-corrected chi connectivity index (χ0v) is 20.2. The molecule has 0 saturated heterocycles. The van der Waals surface area contributed by atoms with Crippen LogP contribution < -0.4 is 12.5 Å². The van der Waals surface area contributed by atoms with E-state index in [1.54, 1.807) is 0 Å². The summed E-state index contributed by atoms with van der Waals surface area (Å²) in [5, 5.41) is 0. The molecule has 0 atom stereocenters. The maximum Gasteiger partial charge on any atom is 0.306 e. The molecule has 30 heavy (non-hydrogen) atoms. The Morgan fingerprint density at radius 3 is 1.37 bits per heavy atom. The Morgan fingerprint density at radius 2 is 1.07 bits per heavy atom. The molecule has 0 radical (unpaired) electrons. The van der Waals surface area contributed by atoms with Crippen molar-refractivity contribution in [3.63, 3.8) is 0 Å². The number of para-hydroxylation sites is 1. The highest BCUT2D eigenvalue weighted by Crippen LogP contribution is 2.39. The largest absolute Gasteiger partial charge is 0.378 e. The van der Waals surface area contributed by atoms with Crippen molar-refractivity contribution in [2.45, 2.75) is 19.8 Å². The molecule has 1 aromatic carbocycles. The van der Waals surface area contributed by atoms with Gasteiger partial charge >= 0.3 is 30.4 Å². The number of rotatable bonds is 10. The van der Waals surface area contributed by atoms with E-state index in [1.165, 1.54) is 6.07 Å². The second-order valence-electron chi connectivity index (χ2n) is 5.83. The minimum Gasteiger partial charge on any atom is -0.378 e. The van der Waals surface area contributed by atoms with E-state index in [0.29, 0.717) is 12.9 Å². The van der Waals surface area contributed by atoms with Crippen molar-refractivity contribution in [1.29, 1.82) is 0 Å². The van der Waals surface area contributed by atoms with Crippen molar-refractivity contribution < 1.29 is 50.4 Å². The Balaban J connectivity index is 0.000000787. The average Bonchev–Trinajstić information content (AvgIpc) is 2.46. The van der Waals surface area contributed by atoms with Crippen molar-refractivity contribution in [2.24, 2.45) is 0 Å². The number of hydrogen-bond donors (Lipinski definition) is 0. The van der Waals surface area contributed by atoms with Gasteiger partial charge in [-0.25, -0.2) is 0 Å². The summed E-state index contributed by atoms with van der Waals surface area (Å²) in [6, 6.07) is 3.36. The molecule has 0 amide bonds. The van der Waals surface area contributed by atoms with Gasteiger partial charge < -0.3 is 12.5 Å². The summed E-state index contributed by atoms with van der Waals surface area (Å²) in [6.45, 7) is 2.29. The molecular weight excluding hydrogens is 488 g/mol. The molecule has 0 aliphatic heterocycles. The van der Waals surface area contributed by atoms with Gasteiger partial charge in [-0.2, -0.15) is 33.7 Å². The van der Waals surface area contributed by atoms with Gasteiger partial charge in [0.1, 0.15) is 0 Å². The van der Waals surface area contributed by atoms with Crippen molar-refractivity contribution in [1.82, 2.24) is 0 Å². The lowest BCUT2D eigenvalue weighted by molar-refractivity contribution is 0.314. The molecule has 0 N–H and O–H groups in total. The van der Waals surface area contributed by atoms with Crippen molar-refractivity contribution in [3.05, 3.63) is 18.2 Å². The van der Waals surface area contributed by atoms with E-state index in [9.17, 15) is 33.7 Å². The Morgan fingerprint density at radius 1 is 0.667 bits per heavy atom. The Bertz CT molecular complexity index is 1070. The highest BCUT2D eigenvalue weighted by molar-refractivity contribution is 7.87. The Labute approximate surface area is 177 Å². The van der Waals surface area contributed by atoms with E-state index < -0.39 is 57.7 Å². The van der Waals surface area contributed by atoms with Gasteiger partial charge in [0, 0.05) is 0 Å². The number of unbranched alkanes of at least 4 members (excludes halogenated alkanes) is 1. The molecular formula is C14H24O12S4. The highest BCUT2D eigenvalue weighted by atomic mass is 32.2. The normalized spacial score (nSPS) is 12.4. The molecule has 1 rings (SSSR count). The van der Waals surface area contributed by atoms with E-state index in [-0.39, 0.29) is 0 Å². The van der Waals surface area contributed by atoms with Gasteiger partial charge in [-0.15, -0.1) is 0 Å². The van der Waals surface area contributed by atoms with Gasteiger partial charge in [0.25, 0.3) is 10.1 Å². The fourth-order valence-electron chi connectivity index (χ4n) is 1.54. The molecule has 0 aliphatic carbocycles. The summed E-state index contributed by atoms with van der Waals surface area (Å²) in [5.74, 6) is -1.73. The number of benzene rings is 1. The van der Waals surface area contributed by atoms with Gasteiger partial charge in [0.15, 0.2) is 11.5 Å². The smallest absolute Gasteiger partial charge is 0.306 e. The second-order valence-corrected chi connectivity index (χ2v) is 12.2. The Hall–Kier alpha value is -1.62. The lowest BCUT2D eigenvalue weighted by Gasteiger charge is -2.13. The summed E-state index contributed by atoms with van der Waals surface area (Å²) in [7, 11) is -15.3. The molecule has 0 spiro atoms. The lowest BCUT2D eigenvalue weighted by atomic mass is 10.3. The predicted molar refractivity (Wildman–Crippen MR) is 109 cm³/mol. The third kappa shape index (κ3) is 15.3. The average molecular weight is 513 g/mol. The molecule has 16 heteroatoms. The van der Waals surface area contributed by atoms with Crippen LogP contribution in [0, 0.1) is 0 Å². The fraction of sp³-hybridized carbons (Fsp3) is 0.571. The van der Waals surface area contributed by atoms with E-state index in [4.69, 9.17) is 0 Å². The van der Waals surface area contributed by atoms with E-state index >= 15 is 0 Å². The summed E-state index contributed by atoms with van der Waals surface area (Å²) in [4.78, 5) is 0. The van der Waals surface area contributed by atoms with Crippen LogP contribution in [0.2, 0.25) is 0 Å². The van der Waals surface area contributed by atoms with Crippen LogP contribution in [-0.2, 0) is 44.7 Å². The molecule has 0 aliphatic rings. The first-order chi connectivity index (χ1) is 13.3. The molecule has 0 aromatic heterocycles. The van der Waals surface area contributed by atoms with Crippen LogP contribution in [0.25, 0.3) is 0 Å². The van der Waals surface area contributed by atoms with Crippen molar-refractivity contribution >= 4 is 40.5 Å². The van der Waals surface area contributed by atoms with E-state index in [1.807, 2.05) is 6.92 Å². The Kier molecular flexibility index (Phi) is 10.5. The van der Waals surface area contributed by atoms with Crippen LogP contribution in [0.5, 0.6) is 17.2 Å². The minimum absolute atomic E-state index is 0.315. The molecule has 1 aromatic rings. The summed E-state index contributed by atoms with van der Waals surface area (Å²) >= 11 is 0. The molecule has 0 bridgehead atoms. The van der Waals surface area contributed by atoms with Crippen LogP contribution in [0.3, 0.4) is 0 Å². The van der Waals surface area contributed by atoms with Gasteiger partial charge in [-0.3, -0.25) is 4.18 Å². The summed E-state index contributed by atoms with van der Waals surface area (Å²) in [6.07, 6.45) is 4.95. The first-order valence-electron chi connectivity index (χ1n) is 7.99. The van der Waals surface area contributed by atoms with Crippen LogP contribution >= 0.6 is 0 Å². The molecule has 12 nitrogen and oxygen atoms in total. The third-order valence-electron chi connectivity index (χ3n) is 2.46. The van der Waals surface area contributed by atoms with Crippen molar-refractivity contribution in [3.8, 4) is 17.2 Å². The highest BCUT2D eigenvalue weighted by Gasteiger charge is 2.22. The lowest BCUT2D eigenvalue weighted by Crippen LogP contribution is -2.13. The molecule has 0 saturated carbocycles. The fourth-order valence-corrected chi connectivity index (χ4v) is 3.34. The first-order valence-corrected chi connectivity index (χ1v) is 15.3.